The van der Waals surface area contributed by atoms with Gasteiger partial charge in [-0.2, -0.15) is 0 Å². The average molecular weight is 250 g/mol. The van der Waals surface area contributed by atoms with Gasteiger partial charge in [0.15, 0.2) is 0 Å². The Morgan fingerprint density at radius 3 is 2.78 bits per heavy atom. The summed E-state index contributed by atoms with van der Waals surface area (Å²) < 4.78 is 0. The van der Waals surface area contributed by atoms with E-state index in [1.54, 1.807) is 0 Å². The molecule has 104 valence electrons. The summed E-state index contributed by atoms with van der Waals surface area (Å²) in [6, 6.07) is 0. The van der Waals surface area contributed by atoms with Crippen LogP contribution in [0.4, 0.5) is 0 Å². The molecule has 0 spiro atoms. The summed E-state index contributed by atoms with van der Waals surface area (Å²) in [4.78, 5) is 11.6. The van der Waals surface area contributed by atoms with Crippen molar-refractivity contribution in [1.29, 1.82) is 0 Å². The van der Waals surface area contributed by atoms with Crippen molar-refractivity contribution in [2.75, 3.05) is 0 Å². The first-order valence-electron chi connectivity index (χ1n) is 8.01. The maximum atomic E-state index is 11.6. The zero-order valence-electron chi connectivity index (χ0n) is 12.1. The molecule has 0 aromatic carbocycles. The Labute approximate surface area is 113 Å². The van der Waals surface area contributed by atoms with E-state index >= 15 is 0 Å². The molecule has 0 heterocycles. The Morgan fingerprint density at radius 2 is 1.94 bits per heavy atom. The molecule has 1 rings (SSSR count). The lowest BCUT2D eigenvalue weighted by atomic mass is 9.92. The topological polar surface area (TPSA) is 17.1 Å². The molecule has 1 aliphatic carbocycles. The first-order valence-corrected chi connectivity index (χ1v) is 8.01. The number of carbonyl (C=O) groups excluding carboxylic acids is 1. The van der Waals surface area contributed by atoms with Crippen molar-refractivity contribution in [1.82, 2.24) is 0 Å². The number of ketones is 1. The van der Waals surface area contributed by atoms with Crippen molar-refractivity contribution < 1.29 is 4.79 Å². The summed E-state index contributed by atoms with van der Waals surface area (Å²) in [5.74, 6) is 1.15. The van der Waals surface area contributed by atoms with Crippen LogP contribution in [0.1, 0.15) is 84.0 Å². The highest BCUT2D eigenvalue weighted by Gasteiger charge is 2.10. The minimum atomic E-state index is 0.487. The highest BCUT2D eigenvalue weighted by molar-refractivity contribution is 5.78. The van der Waals surface area contributed by atoms with Crippen LogP contribution in [-0.4, -0.2) is 5.78 Å². The summed E-state index contributed by atoms with van der Waals surface area (Å²) in [6.45, 7) is 2.26. The van der Waals surface area contributed by atoms with Gasteiger partial charge in [-0.15, -0.1) is 0 Å². The van der Waals surface area contributed by atoms with Gasteiger partial charge in [-0.05, 0) is 38.0 Å². The highest BCUT2D eigenvalue weighted by Crippen LogP contribution is 2.20. The van der Waals surface area contributed by atoms with Gasteiger partial charge in [-0.3, -0.25) is 4.79 Å². The summed E-state index contributed by atoms with van der Waals surface area (Å²) in [7, 11) is 0. The standard InChI is InChI=1S/C17H30O/c1-2-3-4-5-8-11-16-12-9-6-7-10-13-17(18)15-14-16/h9,12,16H,2-8,10-11,13-15H2,1H3. The van der Waals surface area contributed by atoms with E-state index in [2.05, 4.69) is 19.1 Å². The van der Waals surface area contributed by atoms with E-state index in [0.29, 0.717) is 11.7 Å². The van der Waals surface area contributed by atoms with Crippen LogP contribution in [-0.2, 0) is 4.79 Å². The van der Waals surface area contributed by atoms with Gasteiger partial charge in [0.1, 0.15) is 5.78 Å². The van der Waals surface area contributed by atoms with Gasteiger partial charge in [-0.25, -0.2) is 0 Å². The van der Waals surface area contributed by atoms with Crippen LogP contribution in [0, 0.1) is 5.92 Å². The lowest BCUT2D eigenvalue weighted by Gasteiger charge is -2.13. The van der Waals surface area contributed by atoms with Gasteiger partial charge in [0, 0.05) is 12.8 Å². The number of unbranched alkanes of at least 4 members (excludes halogenated alkanes) is 4. The predicted octanol–water partition coefficient (Wildman–Crippen LogP) is 5.44. The summed E-state index contributed by atoms with van der Waals surface area (Å²) in [5.41, 5.74) is 0. The first-order chi connectivity index (χ1) is 8.83. The summed E-state index contributed by atoms with van der Waals surface area (Å²) in [6.07, 6.45) is 19.0. The molecular formula is C17H30O. The third-order valence-electron chi connectivity index (χ3n) is 3.96. The van der Waals surface area contributed by atoms with Gasteiger partial charge in [0.25, 0.3) is 0 Å². The fraction of sp³-hybridized carbons (Fsp3) is 0.824. The van der Waals surface area contributed by atoms with Crippen LogP contribution in [0.25, 0.3) is 0 Å². The van der Waals surface area contributed by atoms with Gasteiger partial charge >= 0.3 is 0 Å². The molecule has 0 bridgehead atoms. The zero-order chi connectivity index (χ0) is 13.1. The number of rotatable bonds is 6. The maximum Gasteiger partial charge on any atom is 0.132 e. The van der Waals surface area contributed by atoms with Crippen LogP contribution < -0.4 is 0 Å². The molecule has 0 fully saturated rings. The minimum absolute atomic E-state index is 0.487. The SMILES string of the molecule is CCCCCCCC1C=CCCCCC(=O)CC1. The molecule has 0 radical (unpaired) electrons. The summed E-state index contributed by atoms with van der Waals surface area (Å²) >= 11 is 0. The minimum Gasteiger partial charge on any atom is -0.300 e. The van der Waals surface area contributed by atoms with Crippen LogP contribution in [0.5, 0.6) is 0 Å². The number of carbonyl (C=O) groups is 1. The molecule has 0 aromatic rings. The summed E-state index contributed by atoms with van der Waals surface area (Å²) in [5, 5.41) is 0. The molecule has 0 aromatic heterocycles. The Kier molecular flexibility index (Phi) is 8.89. The lowest BCUT2D eigenvalue weighted by molar-refractivity contribution is -0.119. The second-order valence-corrected chi connectivity index (χ2v) is 5.71. The van der Waals surface area contributed by atoms with Crippen molar-refractivity contribution in [3.63, 3.8) is 0 Å². The number of hydrogen-bond acceptors (Lipinski definition) is 1. The van der Waals surface area contributed by atoms with E-state index < -0.39 is 0 Å². The van der Waals surface area contributed by atoms with Crippen LogP contribution >= 0.6 is 0 Å². The van der Waals surface area contributed by atoms with Gasteiger partial charge < -0.3 is 0 Å². The normalized spacial score (nSPS) is 22.1. The monoisotopic (exact) mass is 250 g/mol. The van der Waals surface area contributed by atoms with Crippen molar-refractivity contribution in [3.05, 3.63) is 12.2 Å². The first kappa shape index (κ1) is 15.5. The molecule has 0 aliphatic heterocycles. The highest BCUT2D eigenvalue weighted by atomic mass is 16.1. The van der Waals surface area contributed by atoms with E-state index in [9.17, 15) is 4.79 Å². The molecule has 0 amide bonds. The third kappa shape index (κ3) is 7.68. The predicted molar refractivity (Wildman–Crippen MR) is 78.7 cm³/mol. The van der Waals surface area contributed by atoms with E-state index in [4.69, 9.17) is 0 Å². The maximum absolute atomic E-state index is 11.6. The zero-order valence-corrected chi connectivity index (χ0v) is 12.1. The van der Waals surface area contributed by atoms with Gasteiger partial charge in [0.2, 0.25) is 0 Å². The van der Waals surface area contributed by atoms with Crippen molar-refractivity contribution in [2.24, 2.45) is 5.92 Å². The molecule has 1 heteroatoms. The largest absolute Gasteiger partial charge is 0.300 e. The van der Waals surface area contributed by atoms with E-state index in [0.717, 1.165) is 25.7 Å². The van der Waals surface area contributed by atoms with Crippen LogP contribution in [0.15, 0.2) is 12.2 Å². The van der Waals surface area contributed by atoms with E-state index in [1.807, 2.05) is 0 Å². The Morgan fingerprint density at radius 1 is 1.11 bits per heavy atom. The average Bonchev–Trinajstić information content (AvgIpc) is 2.38. The van der Waals surface area contributed by atoms with Gasteiger partial charge in [0.05, 0.1) is 0 Å². The molecule has 1 nitrogen and oxygen atoms in total. The quantitative estimate of drug-likeness (QED) is 0.453. The fourth-order valence-corrected chi connectivity index (χ4v) is 2.69. The second kappa shape index (κ2) is 10.3. The number of allylic oxidation sites excluding steroid dienone is 2. The van der Waals surface area contributed by atoms with Gasteiger partial charge in [-0.1, -0.05) is 51.2 Å². The van der Waals surface area contributed by atoms with Crippen LogP contribution in [0.3, 0.4) is 0 Å². The molecule has 0 N–H and O–H groups in total. The molecule has 0 saturated carbocycles. The van der Waals surface area contributed by atoms with Crippen molar-refractivity contribution >= 4 is 5.78 Å². The van der Waals surface area contributed by atoms with E-state index in [-0.39, 0.29) is 0 Å². The molecule has 18 heavy (non-hydrogen) atoms. The Bertz CT molecular complexity index is 242. The molecule has 1 atom stereocenters. The van der Waals surface area contributed by atoms with Crippen LogP contribution in [0.2, 0.25) is 0 Å². The van der Waals surface area contributed by atoms with Crippen molar-refractivity contribution in [3.8, 4) is 0 Å². The Hall–Kier alpha value is -0.590. The molecule has 1 aliphatic rings. The molecular weight excluding hydrogens is 220 g/mol. The third-order valence-corrected chi connectivity index (χ3v) is 3.96. The van der Waals surface area contributed by atoms with Crippen molar-refractivity contribution in [2.45, 2.75) is 84.0 Å². The second-order valence-electron chi connectivity index (χ2n) is 5.71. The Balaban J connectivity index is 2.24. The van der Waals surface area contributed by atoms with E-state index in [1.165, 1.54) is 51.4 Å². The lowest BCUT2D eigenvalue weighted by Crippen LogP contribution is -2.05. The number of hydrogen-bond donors (Lipinski definition) is 0. The fourth-order valence-electron chi connectivity index (χ4n) is 2.69. The molecule has 1 unspecified atom stereocenters. The smallest absolute Gasteiger partial charge is 0.132 e. The number of Topliss-reactive ketones (excluding diaryl/α,β-unsaturated/α-hetero) is 1. The molecule has 0 saturated heterocycles.